The zero-order valence-electron chi connectivity index (χ0n) is 8.58. The van der Waals surface area contributed by atoms with Gasteiger partial charge in [0.25, 0.3) is 5.56 Å². The number of aromatic nitrogens is 1. The van der Waals surface area contributed by atoms with Crippen LogP contribution in [0.25, 0.3) is 0 Å². The van der Waals surface area contributed by atoms with Crippen LogP contribution in [0.1, 0.15) is 26.3 Å². The molecule has 0 amide bonds. The molecule has 0 aliphatic rings. The maximum absolute atomic E-state index is 11.7. The van der Waals surface area contributed by atoms with Crippen LogP contribution in [0.15, 0.2) is 23.1 Å². The van der Waals surface area contributed by atoms with E-state index in [0.29, 0.717) is 5.92 Å². The smallest absolute Gasteiger partial charge is 0.253 e. The Balaban J connectivity index is 3.02. The number of hydrogen-bond acceptors (Lipinski definition) is 1. The van der Waals surface area contributed by atoms with Gasteiger partial charge in [0.2, 0.25) is 0 Å². The van der Waals surface area contributed by atoms with Gasteiger partial charge >= 0.3 is 0 Å². The summed E-state index contributed by atoms with van der Waals surface area (Å²) in [6.07, 6.45) is 2.71. The van der Waals surface area contributed by atoms with Gasteiger partial charge in [0.05, 0.1) is 0 Å². The molecular weight excluding hydrogens is 162 g/mol. The highest BCUT2D eigenvalue weighted by atomic mass is 16.1. The van der Waals surface area contributed by atoms with Gasteiger partial charge < -0.3 is 4.57 Å². The van der Waals surface area contributed by atoms with Gasteiger partial charge in [-0.15, -0.1) is 0 Å². The van der Waals surface area contributed by atoms with Gasteiger partial charge in [0.1, 0.15) is 0 Å². The van der Waals surface area contributed by atoms with E-state index >= 15 is 0 Å². The van der Waals surface area contributed by atoms with E-state index < -0.39 is 0 Å². The van der Waals surface area contributed by atoms with Crippen LogP contribution in [-0.2, 0) is 13.0 Å². The quantitative estimate of drug-likeness (QED) is 0.696. The summed E-state index contributed by atoms with van der Waals surface area (Å²) < 4.78 is 1.75. The number of rotatable bonds is 3. The molecule has 72 valence electrons. The molecule has 0 unspecified atom stereocenters. The number of aryl methyl sites for hydroxylation is 1. The van der Waals surface area contributed by atoms with Crippen LogP contribution in [0.2, 0.25) is 0 Å². The van der Waals surface area contributed by atoms with Gasteiger partial charge in [0, 0.05) is 18.3 Å². The minimum Gasteiger partial charge on any atom is -0.316 e. The largest absolute Gasteiger partial charge is 0.316 e. The first-order valence-corrected chi connectivity index (χ1v) is 4.83. The summed E-state index contributed by atoms with van der Waals surface area (Å²) in [4.78, 5) is 11.7. The minimum atomic E-state index is 0.165. The molecule has 0 saturated carbocycles. The summed E-state index contributed by atoms with van der Waals surface area (Å²) in [6.45, 7) is 7.00. The minimum absolute atomic E-state index is 0.165. The van der Waals surface area contributed by atoms with Crippen LogP contribution in [0.4, 0.5) is 0 Å². The van der Waals surface area contributed by atoms with Crippen molar-refractivity contribution in [2.24, 2.45) is 5.92 Å². The molecule has 1 rings (SSSR count). The van der Waals surface area contributed by atoms with E-state index in [9.17, 15) is 4.79 Å². The van der Waals surface area contributed by atoms with Crippen LogP contribution >= 0.6 is 0 Å². The van der Waals surface area contributed by atoms with Gasteiger partial charge in [-0.05, 0) is 25.3 Å². The normalized spacial score (nSPS) is 10.8. The predicted octanol–water partition coefficient (Wildman–Crippen LogP) is 2.07. The molecule has 0 N–H and O–H groups in total. The van der Waals surface area contributed by atoms with Crippen molar-refractivity contribution in [3.63, 3.8) is 0 Å². The molecule has 0 radical (unpaired) electrons. The van der Waals surface area contributed by atoms with Crippen LogP contribution in [0.5, 0.6) is 0 Å². The highest BCUT2D eigenvalue weighted by Gasteiger charge is 2.03. The van der Waals surface area contributed by atoms with E-state index in [4.69, 9.17) is 0 Å². The fraction of sp³-hybridized carbons (Fsp3) is 0.545. The molecule has 2 nitrogen and oxygen atoms in total. The van der Waals surface area contributed by atoms with Gasteiger partial charge in [-0.25, -0.2) is 0 Å². The predicted molar refractivity (Wildman–Crippen MR) is 54.9 cm³/mol. The van der Waals surface area contributed by atoms with E-state index in [1.807, 2.05) is 25.3 Å². The molecular formula is C11H17NO. The zero-order valence-corrected chi connectivity index (χ0v) is 8.58. The first kappa shape index (κ1) is 10.0. The summed E-state index contributed by atoms with van der Waals surface area (Å²) in [5, 5.41) is 0. The van der Waals surface area contributed by atoms with E-state index in [2.05, 4.69) is 13.8 Å². The number of nitrogens with zero attached hydrogens (tertiary/aromatic N) is 1. The third-order valence-electron chi connectivity index (χ3n) is 2.07. The fourth-order valence-corrected chi connectivity index (χ4v) is 1.43. The zero-order chi connectivity index (χ0) is 9.84. The van der Waals surface area contributed by atoms with Crippen molar-refractivity contribution in [3.05, 3.63) is 34.2 Å². The van der Waals surface area contributed by atoms with Crippen LogP contribution in [-0.4, -0.2) is 4.57 Å². The lowest BCUT2D eigenvalue weighted by molar-refractivity contribution is 0.627. The van der Waals surface area contributed by atoms with Crippen molar-refractivity contribution >= 4 is 0 Å². The summed E-state index contributed by atoms with van der Waals surface area (Å²) in [7, 11) is 0. The van der Waals surface area contributed by atoms with E-state index in [-0.39, 0.29) is 5.56 Å². The lowest BCUT2D eigenvalue weighted by Gasteiger charge is -2.06. The summed E-state index contributed by atoms with van der Waals surface area (Å²) in [5.41, 5.74) is 1.10. The van der Waals surface area contributed by atoms with Crippen LogP contribution in [0.3, 0.4) is 0 Å². The van der Waals surface area contributed by atoms with E-state index in [0.717, 1.165) is 18.5 Å². The molecule has 0 aromatic carbocycles. The maximum atomic E-state index is 11.7. The molecule has 13 heavy (non-hydrogen) atoms. The van der Waals surface area contributed by atoms with Gasteiger partial charge in [-0.3, -0.25) is 4.79 Å². The summed E-state index contributed by atoms with van der Waals surface area (Å²) in [6, 6.07) is 3.87. The van der Waals surface area contributed by atoms with E-state index in [1.54, 1.807) is 4.57 Å². The second kappa shape index (κ2) is 4.26. The molecule has 0 spiro atoms. The Hall–Kier alpha value is -1.05. The average Bonchev–Trinajstić information content (AvgIpc) is 2.08. The highest BCUT2D eigenvalue weighted by Crippen LogP contribution is 2.02. The van der Waals surface area contributed by atoms with Crippen molar-refractivity contribution in [3.8, 4) is 0 Å². The molecule has 0 fully saturated rings. The third kappa shape index (κ3) is 2.44. The van der Waals surface area contributed by atoms with Crippen molar-refractivity contribution in [2.75, 3.05) is 0 Å². The molecule has 0 saturated heterocycles. The van der Waals surface area contributed by atoms with Crippen LogP contribution < -0.4 is 5.56 Å². The molecule has 1 aromatic rings. The maximum Gasteiger partial charge on any atom is 0.253 e. The molecule has 0 aliphatic carbocycles. The second-order valence-electron chi connectivity index (χ2n) is 3.72. The Morgan fingerprint density at radius 1 is 1.46 bits per heavy atom. The van der Waals surface area contributed by atoms with Crippen molar-refractivity contribution in [1.82, 2.24) is 4.57 Å². The SMILES string of the molecule is CCn1cccc(CC(C)C)c1=O. The number of hydrogen-bond donors (Lipinski definition) is 0. The van der Waals surface area contributed by atoms with Crippen molar-refractivity contribution in [1.29, 1.82) is 0 Å². The van der Waals surface area contributed by atoms with Gasteiger partial charge in [-0.2, -0.15) is 0 Å². The molecule has 1 aromatic heterocycles. The molecule has 0 atom stereocenters. The standard InChI is InChI=1S/C11H17NO/c1-4-12-7-5-6-10(11(12)13)8-9(2)3/h5-7,9H,4,8H2,1-3H3. The van der Waals surface area contributed by atoms with Crippen LogP contribution in [0, 0.1) is 5.92 Å². The monoisotopic (exact) mass is 179 g/mol. The Morgan fingerprint density at radius 3 is 2.69 bits per heavy atom. The van der Waals surface area contributed by atoms with Crippen molar-refractivity contribution < 1.29 is 0 Å². The van der Waals surface area contributed by atoms with Gasteiger partial charge in [0.15, 0.2) is 0 Å². The number of pyridine rings is 1. The summed E-state index contributed by atoms with van der Waals surface area (Å²) in [5.74, 6) is 0.542. The third-order valence-corrected chi connectivity index (χ3v) is 2.07. The first-order chi connectivity index (χ1) is 6.15. The Labute approximate surface area is 79.2 Å². The lowest BCUT2D eigenvalue weighted by Crippen LogP contribution is -2.22. The summed E-state index contributed by atoms with van der Waals surface area (Å²) >= 11 is 0. The second-order valence-corrected chi connectivity index (χ2v) is 3.72. The lowest BCUT2D eigenvalue weighted by atomic mass is 10.0. The van der Waals surface area contributed by atoms with Crippen molar-refractivity contribution in [2.45, 2.75) is 33.7 Å². The molecule has 1 heterocycles. The molecule has 0 bridgehead atoms. The Bertz CT molecular complexity index is 325. The van der Waals surface area contributed by atoms with Gasteiger partial charge in [-0.1, -0.05) is 19.9 Å². The topological polar surface area (TPSA) is 22.0 Å². The Morgan fingerprint density at radius 2 is 2.15 bits per heavy atom. The Kier molecular flexibility index (Phi) is 3.29. The highest BCUT2D eigenvalue weighted by molar-refractivity contribution is 5.10. The fourth-order valence-electron chi connectivity index (χ4n) is 1.43. The first-order valence-electron chi connectivity index (χ1n) is 4.83. The van der Waals surface area contributed by atoms with E-state index in [1.165, 1.54) is 0 Å². The molecule has 2 heteroatoms. The molecule has 0 aliphatic heterocycles. The average molecular weight is 179 g/mol.